The number of alkyl halides is 3. The summed E-state index contributed by atoms with van der Waals surface area (Å²) in [7, 11) is 1.52. The molecule has 0 saturated carbocycles. The van der Waals surface area contributed by atoms with Crippen molar-refractivity contribution in [2.45, 2.75) is 12.2 Å². The van der Waals surface area contributed by atoms with Crippen LogP contribution in [-0.2, 0) is 11.0 Å². The first-order valence-electron chi connectivity index (χ1n) is 7.97. The number of carbonyl (C=O) groups is 1. The molecule has 0 saturated heterocycles. The molecule has 2 aromatic rings. The van der Waals surface area contributed by atoms with Gasteiger partial charge in [0.25, 0.3) is 5.69 Å². The summed E-state index contributed by atoms with van der Waals surface area (Å²) in [5.74, 6) is -0.252. The lowest BCUT2D eigenvalue weighted by Gasteiger charge is -2.14. The molecule has 1 atom stereocenters. The first-order chi connectivity index (χ1) is 13.1. The smallest absolute Gasteiger partial charge is 0.374 e. The third kappa shape index (κ3) is 3.59. The largest absolute Gasteiger partial charge is 0.416 e. The van der Waals surface area contributed by atoms with E-state index in [4.69, 9.17) is 0 Å². The second kappa shape index (κ2) is 7.27. The molecule has 28 heavy (non-hydrogen) atoms. The summed E-state index contributed by atoms with van der Waals surface area (Å²) < 4.78 is 39.6. The van der Waals surface area contributed by atoms with Crippen LogP contribution < -0.4 is 10.6 Å². The fourth-order valence-electron chi connectivity index (χ4n) is 2.97. The summed E-state index contributed by atoms with van der Waals surface area (Å²) in [6, 6.07) is 7.45. The molecule has 0 spiro atoms. The molecule has 0 amide bonds. The third-order valence-electron chi connectivity index (χ3n) is 4.28. The Morgan fingerprint density at radius 1 is 1.21 bits per heavy atom. The Balaban J connectivity index is 2.05. The molecule has 0 fully saturated rings. The predicted molar refractivity (Wildman–Crippen MR) is 99.1 cm³/mol. The highest BCUT2D eigenvalue weighted by molar-refractivity contribution is 9.10. The Bertz CT molecular complexity index is 1010. The molecule has 0 aromatic heterocycles. The molecule has 1 aliphatic heterocycles. The van der Waals surface area contributed by atoms with E-state index in [1.165, 1.54) is 37.4 Å². The van der Waals surface area contributed by atoms with E-state index in [0.717, 1.165) is 12.1 Å². The minimum Gasteiger partial charge on any atom is -0.374 e. The van der Waals surface area contributed by atoms with E-state index in [1.54, 1.807) is 0 Å². The Kier molecular flexibility index (Phi) is 5.16. The summed E-state index contributed by atoms with van der Waals surface area (Å²) in [5.41, 5.74) is -0.612. The SMILES string of the molecule is CNC1=C(c2cccc(C(F)(F)F)c2)C(=O)C(c2cc([N+](=O)[O-])ccc2Br)N1. The number of nitro benzene ring substituents is 1. The third-order valence-corrected chi connectivity index (χ3v) is 5.00. The monoisotopic (exact) mass is 455 g/mol. The number of nitrogens with zero attached hydrogens (tertiary/aromatic N) is 1. The van der Waals surface area contributed by atoms with Crippen molar-refractivity contribution in [3.8, 4) is 0 Å². The quantitative estimate of drug-likeness (QED) is 0.533. The van der Waals surface area contributed by atoms with Gasteiger partial charge in [-0.3, -0.25) is 14.9 Å². The number of halogens is 4. The number of benzene rings is 2. The van der Waals surface area contributed by atoms with Gasteiger partial charge < -0.3 is 10.6 Å². The zero-order chi connectivity index (χ0) is 20.6. The molecule has 0 radical (unpaired) electrons. The Hall–Kier alpha value is -2.88. The van der Waals surface area contributed by atoms with Gasteiger partial charge in [0.1, 0.15) is 11.9 Å². The molecular formula is C18H13BrF3N3O3. The molecule has 0 bridgehead atoms. The minimum absolute atomic E-state index is 0.0528. The van der Waals surface area contributed by atoms with Crippen LogP contribution in [-0.4, -0.2) is 17.8 Å². The standard InChI is InChI=1S/C18H13BrF3N3O3/c1-23-17-14(9-3-2-4-10(7-9)18(20,21)22)16(26)15(24-17)12-8-11(25(27)28)5-6-13(12)19/h2-8,15,23-24H,1H3. The second-order valence-electron chi connectivity index (χ2n) is 5.98. The zero-order valence-electron chi connectivity index (χ0n) is 14.3. The fraction of sp³-hybridized carbons (Fsp3) is 0.167. The normalized spacial score (nSPS) is 16.9. The van der Waals surface area contributed by atoms with Crippen molar-refractivity contribution in [1.29, 1.82) is 0 Å². The zero-order valence-corrected chi connectivity index (χ0v) is 15.9. The number of carbonyl (C=O) groups excluding carboxylic acids is 1. The van der Waals surface area contributed by atoms with Crippen LogP contribution in [0.25, 0.3) is 5.57 Å². The van der Waals surface area contributed by atoms with E-state index in [9.17, 15) is 28.1 Å². The number of hydrogen-bond acceptors (Lipinski definition) is 5. The van der Waals surface area contributed by atoms with Crippen molar-refractivity contribution in [2.24, 2.45) is 0 Å². The van der Waals surface area contributed by atoms with Crippen LogP contribution in [0.15, 0.2) is 52.8 Å². The van der Waals surface area contributed by atoms with E-state index in [1.807, 2.05) is 0 Å². The van der Waals surface area contributed by atoms with Crippen LogP contribution in [0.3, 0.4) is 0 Å². The Morgan fingerprint density at radius 3 is 2.54 bits per heavy atom. The fourth-order valence-corrected chi connectivity index (χ4v) is 3.44. The van der Waals surface area contributed by atoms with Crippen LogP contribution in [0.1, 0.15) is 22.7 Å². The molecule has 3 rings (SSSR count). The van der Waals surface area contributed by atoms with Crippen molar-refractivity contribution < 1.29 is 22.9 Å². The average Bonchev–Trinajstić information content (AvgIpc) is 2.97. The molecule has 1 unspecified atom stereocenters. The number of Topliss-reactive ketones (excluding diaryl/α,β-unsaturated/α-hetero) is 1. The van der Waals surface area contributed by atoms with Crippen LogP contribution in [0.2, 0.25) is 0 Å². The maximum Gasteiger partial charge on any atom is 0.416 e. The van der Waals surface area contributed by atoms with Gasteiger partial charge in [0.15, 0.2) is 5.78 Å². The van der Waals surface area contributed by atoms with Crippen LogP contribution >= 0.6 is 15.9 Å². The predicted octanol–water partition coefficient (Wildman–Crippen LogP) is 4.18. The van der Waals surface area contributed by atoms with Gasteiger partial charge in [-0.25, -0.2) is 0 Å². The molecule has 1 aliphatic rings. The van der Waals surface area contributed by atoms with Crippen molar-refractivity contribution in [3.63, 3.8) is 0 Å². The summed E-state index contributed by atoms with van der Waals surface area (Å²) in [6.07, 6.45) is -4.55. The van der Waals surface area contributed by atoms with Crippen LogP contribution in [0.5, 0.6) is 0 Å². The number of nitrogens with one attached hydrogen (secondary N) is 2. The number of ketones is 1. The highest BCUT2D eigenvalue weighted by atomic mass is 79.9. The van der Waals surface area contributed by atoms with Crippen LogP contribution in [0.4, 0.5) is 18.9 Å². The molecule has 146 valence electrons. The summed E-state index contributed by atoms with van der Waals surface area (Å²) >= 11 is 3.27. The molecule has 2 N–H and O–H groups in total. The van der Waals surface area contributed by atoms with Crippen molar-refractivity contribution in [1.82, 2.24) is 10.6 Å². The summed E-state index contributed by atoms with van der Waals surface area (Å²) in [6.45, 7) is 0. The van der Waals surface area contributed by atoms with E-state index in [0.29, 0.717) is 10.0 Å². The van der Waals surface area contributed by atoms with Gasteiger partial charge in [0.05, 0.1) is 16.1 Å². The topological polar surface area (TPSA) is 84.3 Å². The van der Waals surface area contributed by atoms with Crippen molar-refractivity contribution >= 4 is 33.0 Å². The van der Waals surface area contributed by atoms with Crippen LogP contribution in [0, 0.1) is 10.1 Å². The molecule has 6 nitrogen and oxygen atoms in total. The molecule has 1 heterocycles. The lowest BCUT2D eigenvalue weighted by Crippen LogP contribution is -2.25. The van der Waals surface area contributed by atoms with Gasteiger partial charge in [-0.1, -0.05) is 28.1 Å². The number of rotatable bonds is 4. The van der Waals surface area contributed by atoms with Crippen molar-refractivity contribution in [3.05, 3.63) is 79.6 Å². The molecule has 0 aliphatic carbocycles. The van der Waals surface area contributed by atoms with E-state index >= 15 is 0 Å². The summed E-state index contributed by atoms with van der Waals surface area (Å²) in [4.78, 5) is 23.5. The van der Waals surface area contributed by atoms with E-state index in [2.05, 4.69) is 26.6 Å². The number of hydrogen-bond donors (Lipinski definition) is 2. The van der Waals surface area contributed by atoms with Gasteiger partial charge in [-0.15, -0.1) is 0 Å². The van der Waals surface area contributed by atoms with Gasteiger partial charge in [-0.05, 0) is 23.8 Å². The molecule has 10 heteroatoms. The van der Waals surface area contributed by atoms with Gasteiger partial charge in [0.2, 0.25) is 0 Å². The first kappa shape index (κ1) is 19.9. The van der Waals surface area contributed by atoms with Gasteiger partial charge in [-0.2, -0.15) is 13.2 Å². The number of non-ortho nitro benzene ring substituents is 1. The Labute approximate surface area is 165 Å². The van der Waals surface area contributed by atoms with Crippen molar-refractivity contribution in [2.75, 3.05) is 7.05 Å². The van der Waals surface area contributed by atoms with E-state index < -0.39 is 28.5 Å². The number of nitro groups is 1. The first-order valence-corrected chi connectivity index (χ1v) is 8.77. The second-order valence-corrected chi connectivity index (χ2v) is 6.84. The van der Waals surface area contributed by atoms with Gasteiger partial charge in [0, 0.05) is 29.2 Å². The maximum absolute atomic E-state index is 13.0. The minimum atomic E-state index is -4.55. The average molecular weight is 456 g/mol. The lowest BCUT2D eigenvalue weighted by atomic mass is 9.95. The van der Waals surface area contributed by atoms with Gasteiger partial charge >= 0.3 is 6.18 Å². The summed E-state index contributed by atoms with van der Waals surface area (Å²) in [5, 5.41) is 16.7. The van der Waals surface area contributed by atoms with E-state index in [-0.39, 0.29) is 22.6 Å². The Morgan fingerprint density at radius 2 is 1.93 bits per heavy atom. The highest BCUT2D eigenvalue weighted by Gasteiger charge is 2.37. The lowest BCUT2D eigenvalue weighted by molar-refractivity contribution is -0.384. The highest BCUT2D eigenvalue weighted by Crippen LogP contribution is 2.38. The molecular weight excluding hydrogens is 443 g/mol. The molecule has 2 aromatic carbocycles. The maximum atomic E-state index is 13.0.